The molecule has 1 rings (SSSR count). The number of nitrogens with zero attached hydrogens (tertiary/aromatic N) is 2. The van der Waals surface area contributed by atoms with E-state index in [-0.39, 0.29) is 11.4 Å². The first-order valence-electron chi connectivity index (χ1n) is 3.41. The van der Waals surface area contributed by atoms with Gasteiger partial charge >= 0.3 is 0 Å². The van der Waals surface area contributed by atoms with E-state index >= 15 is 0 Å². The first-order valence-corrected chi connectivity index (χ1v) is 3.41. The zero-order valence-corrected chi connectivity index (χ0v) is 6.75. The van der Waals surface area contributed by atoms with Crippen LogP contribution in [0.5, 0.6) is 5.75 Å². The molecule has 0 bridgehead atoms. The maximum Gasteiger partial charge on any atom is 0.269 e. The van der Waals surface area contributed by atoms with Crippen LogP contribution in [0.25, 0.3) is 0 Å². The summed E-state index contributed by atoms with van der Waals surface area (Å²) in [5, 5.41) is 19.1. The van der Waals surface area contributed by atoms with Crippen LogP contribution in [0.4, 0.5) is 5.69 Å². The fraction of sp³-hybridized carbons (Fsp3) is 0. The predicted octanol–water partition coefficient (Wildman–Crippen LogP) is 0.670. The van der Waals surface area contributed by atoms with Crippen molar-refractivity contribution in [1.82, 2.24) is 5.59 Å². The molecular weight excluding hydrogens is 194 g/mol. The lowest BCUT2D eigenvalue weighted by Crippen LogP contribution is -2.25. The van der Waals surface area contributed by atoms with Crippen LogP contribution in [0.1, 0.15) is 0 Å². The van der Waals surface area contributed by atoms with E-state index in [4.69, 9.17) is 0 Å². The summed E-state index contributed by atoms with van der Waals surface area (Å²) in [5.41, 5.74) is 1.35. The molecular formula is C6H5N3O5. The summed E-state index contributed by atoms with van der Waals surface area (Å²) in [7, 11) is 0. The van der Waals surface area contributed by atoms with Gasteiger partial charge in [-0.2, -0.15) is 0 Å². The molecule has 0 saturated heterocycles. The number of benzene rings is 1. The second-order valence-electron chi connectivity index (χ2n) is 2.20. The topological polar surface area (TPSA) is 108 Å². The molecule has 0 fully saturated rings. The Hall–Kier alpha value is -2.38. The van der Waals surface area contributed by atoms with Gasteiger partial charge in [-0.1, -0.05) is 0 Å². The number of nitro benzene ring substituents is 1. The van der Waals surface area contributed by atoms with Crippen LogP contribution in [0, 0.1) is 20.2 Å². The number of nitro groups is 2. The summed E-state index contributed by atoms with van der Waals surface area (Å²) in [5.74, 6) is 0.118. The molecule has 1 aromatic carbocycles. The van der Waals surface area contributed by atoms with Crippen molar-refractivity contribution in [2.45, 2.75) is 0 Å². The Labute approximate surface area is 77.3 Å². The molecule has 0 aliphatic rings. The average Bonchev–Trinajstić information content (AvgIpc) is 2.15. The monoisotopic (exact) mass is 199 g/mol. The first-order chi connectivity index (χ1) is 6.59. The second kappa shape index (κ2) is 4.03. The Balaban J connectivity index is 2.64. The van der Waals surface area contributed by atoms with E-state index < -0.39 is 9.96 Å². The quantitative estimate of drug-likeness (QED) is 0.563. The van der Waals surface area contributed by atoms with Crippen LogP contribution < -0.4 is 10.4 Å². The van der Waals surface area contributed by atoms with Crippen LogP contribution in [0.15, 0.2) is 24.3 Å². The Kier molecular flexibility index (Phi) is 2.79. The summed E-state index contributed by atoms with van der Waals surface area (Å²) in [6.07, 6.45) is 0. The fourth-order valence-electron chi connectivity index (χ4n) is 0.726. The third-order valence-corrected chi connectivity index (χ3v) is 1.29. The van der Waals surface area contributed by atoms with Crippen molar-refractivity contribution in [2.75, 3.05) is 0 Å². The van der Waals surface area contributed by atoms with E-state index in [1.807, 2.05) is 0 Å². The van der Waals surface area contributed by atoms with Gasteiger partial charge in [0.25, 0.3) is 5.69 Å². The van der Waals surface area contributed by atoms with Crippen molar-refractivity contribution >= 4 is 5.69 Å². The number of rotatable bonds is 4. The van der Waals surface area contributed by atoms with Gasteiger partial charge in [0, 0.05) is 17.7 Å². The minimum Gasteiger partial charge on any atom is -0.330 e. The molecule has 14 heavy (non-hydrogen) atoms. The SMILES string of the molecule is O=[N+]([O-])NOc1ccc([N+](=O)[O-])cc1. The Bertz CT molecular complexity index is 349. The van der Waals surface area contributed by atoms with Gasteiger partial charge in [-0.15, -0.1) is 0 Å². The number of nitrogens with one attached hydrogen (secondary N) is 1. The molecule has 0 heterocycles. The fourth-order valence-corrected chi connectivity index (χ4v) is 0.726. The predicted molar refractivity (Wildman–Crippen MR) is 43.9 cm³/mol. The van der Waals surface area contributed by atoms with Crippen molar-refractivity contribution < 1.29 is 14.8 Å². The van der Waals surface area contributed by atoms with Crippen molar-refractivity contribution in [3.8, 4) is 5.75 Å². The number of hydrogen-bond acceptors (Lipinski definition) is 5. The lowest BCUT2D eigenvalue weighted by Gasteiger charge is -1.98. The van der Waals surface area contributed by atoms with E-state index in [1.165, 1.54) is 29.9 Å². The molecule has 0 spiro atoms. The highest BCUT2D eigenvalue weighted by Gasteiger charge is 2.05. The van der Waals surface area contributed by atoms with Crippen molar-refractivity contribution in [3.63, 3.8) is 0 Å². The number of non-ortho nitro benzene ring substituents is 1. The Morgan fingerprint density at radius 1 is 1.14 bits per heavy atom. The van der Waals surface area contributed by atoms with Gasteiger partial charge in [0.1, 0.15) is 0 Å². The highest BCUT2D eigenvalue weighted by atomic mass is 16.8. The molecule has 0 amide bonds. The summed E-state index contributed by atoms with van der Waals surface area (Å²) in [6, 6.07) is 4.84. The third kappa shape index (κ3) is 2.59. The molecule has 1 N–H and O–H groups in total. The molecule has 1 aromatic rings. The largest absolute Gasteiger partial charge is 0.330 e. The maximum atomic E-state index is 10.2. The average molecular weight is 199 g/mol. The lowest BCUT2D eigenvalue weighted by molar-refractivity contribution is -0.592. The van der Waals surface area contributed by atoms with Gasteiger partial charge < -0.3 is 4.84 Å². The van der Waals surface area contributed by atoms with Crippen molar-refractivity contribution in [1.29, 1.82) is 0 Å². The Morgan fingerprint density at radius 2 is 1.71 bits per heavy atom. The van der Waals surface area contributed by atoms with Gasteiger partial charge in [-0.05, 0) is 12.1 Å². The van der Waals surface area contributed by atoms with Gasteiger partial charge in [0.2, 0.25) is 0 Å². The van der Waals surface area contributed by atoms with Gasteiger partial charge in [-0.25, -0.2) is 10.1 Å². The number of hydrazine groups is 1. The minimum absolute atomic E-state index is 0.113. The minimum atomic E-state index is -0.887. The molecule has 0 radical (unpaired) electrons. The second-order valence-corrected chi connectivity index (χ2v) is 2.20. The van der Waals surface area contributed by atoms with E-state index in [1.54, 1.807) is 0 Å². The highest BCUT2D eigenvalue weighted by Crippen LogP contribution is 2.16. The normalized spacial score (nSPS) is 9.14. The molecule has 0 aromatic heterocycles. The lowest BCUT2D eigenvalue weighted by atomic mass is 10.3. The van der Waals surface area contributed by atoms with E-state index in [0.29, 0.717) is 0 Å². The molecule has 0 aliphatic carbocycles. The van der Waals surface area contributed by atoms with Crippen molar-refractivity contribution in [2.24, 2.45) is 0 Å². The Morgan fingerprint density at radius 3 is 2.14 bits per heavy atom. The van der Waals surface area contributed by atoms with Gasteiger partial charge in [0.15, 0.2) is 10.8 Å². The standard InChI is InChI=1S/C6H5N3O5/c10-8(11)5-1-3-6(4-2-5)14-7-9(12)13/h1-4,7H. The van der Waals surface area contributed by atoms with E-state index in [2.05, 4.69) is 4.84 Å². The van der Waals surface area contributed by atoms with Crippen LogP contribution in [-0.2, 0) is 0 Å². The van der Waals surface area contributed by atoms with Gasteiger partial charge in [-0.3, -0.25) is 10.1 Å². The van der Waals surface area contributed by atoms with Crippen LogP contribution in [0.2, 0.25) is 0 Å². The summed E-state index contributed by atoms with van der Waals surface area (Å²) < 4.78 is 0. The zero-order valence-electron chi connectivity index (χ0n) is 6.75. The molecule has 8 heteroatoms. The van der Waals surface area contributed by atoms with Crippen LogP contribution in [-0.4, -0.2) is 9.96 Å². The molecule has 0 unspecified atom stereocenters. The summed E-state index contributed by atoms with van der Waals surface area (Å²) >= 11 is 0. The van der Waals surface area contributed by atoms with E-state index in [0.717, 1.165) is 0 Å². The molecule has 74 valence electrons. The number of hydrogen-bond donors (Lipinski definition) is 1. The molecule has 0 atom stereocenters. The zero-order chi connectivity index (χ0) is 10.6. The molecule has 0 saturated carbocycles. The smallest absolute Gasteiger partial charge is 0.269 e. The highest BCUT2D eigenvalue weighted by molar-refractivity contribution is 5.35. The summed E-state index contributed by atoms with van der Waals surface area (Å²) in [4.78, 5) is 23.9. The van der Waals surface area contributed by atoms with Crippen LogP contribution >= 0.6 is 0 Å². The van der Waals surface area contributed by atoms with Crippen molar-refractivity contribution in [3.05, 3.63) is 44.5 Å². The third-order valence-electron chi connectivity index (χ3n) is 1.29. The van der Waals surface area contributed by atoms with Gasteiger partial charge in [0.05, 0.1) is 4.92 Å². The van der Waals surface area contributed by atoms with Crippen LogP contribution in [0.3, 0.4) is 0 Å². The maximum absolute atomic E-state index is 10.2. The summed E-state index contributed by atoms with van der Waals surface area (Å²) in [6.45, 7) is 0. The van der Waals surface area contributed by atoms with E-state index in [9.17, 15) is 20.2 Å². The molecule has 0 aliphatic heterocycles. The first kappa shape index (κ1) is 9.71. The molecule has 8 nitrogen and oxygen atoms in total.